The van der Waals surface area contributed by atoms with Gasteiger partial charge >= 0.3 is 0 Å². The van der Waals surface area contributed by atoms with Gasteiger partial charge in [0.05, 0.1) is 17.6 Å². The third-order valence-corrected chi connectivity index (χ3v) is 5.32. The number of hydrogen-bond acceptors (Lipinski definition) is 5. The van der Waals surface area contributed by atoms with E-state index in [0.717, 1.165) is 5.82 Å². The van der Waals surface area contributed by atoms with Gasteiger partial charge in [-0.25, -0.2) is 18.1 Å². The van der Waals surface area contributed by atoms with Gasteiger partial charge in [-0.05, 0) is 32.6 Å². The maximum absolute atomic E-state index is 11.4. The fourth-order valence-electron chi connectivity index (χ4n) is 2.59. The van der Waals surface area contributed by atoms with E-state index in [1.807, 2.05) is 13.8 Å². The summed E-state index contributed by atoms with van der Waals surface area (Å²) < 4.78 is 24.5. The van der Waals surface area contributed by atoms with Crippen molar-refractivity contribution in [2.75, 3.05) is 11.5 Å². The molecule has 1 saturated heterocycles. The zero-order valence-corrected chi connectivity index (χ0v) is 12.2. The second-order valence-corrected chi connectivity index (χ2v) is 7.81. The molecular formula is C12H21N3O3S. The maximum Gasteiger partial charge on any atom is 0.150 e. The minimum absolute atomic E-state index is 0.0791. The fourth-order valence-corrected chi connectivity index (χ4v) is 4.47. The molecule has 0 aliphatic carbocycles. The molecule has 0 spiro atoms. The van der Waals surface area contributed by atoms with Gasteiger partial charge in [-0.3, -0.25) is 0 Å². The quantitative estimate of drug-likeness (QED) is 0.856. The Morgan fingerprint density at radius 3 is 2.84 bits per heavy atom. The van der Waals surface area contributed by atoms with Gasteiger partial charge in [0.25, 0.3) is 0 Å². The Morgan fingerprint density at radius 1 is 1.53 bits per heavy atom. The molecule has 6 nitrogen and oxygen atoms in total. The van der Waals surface area contributed by atoms with E-state index in [9.17, 15) is 13.5 Å². The SMILES string of the molecule is CC(C)n1ncnc1CC(O)CC1CCS(=O)(=O)C1. The number of aromatic nitrogens is 3. The molecule has 1 aromatic rings. The van der Waals surface area contributed by atoms with Crippen molar-refractivity contribution in [3.05, 3.63) is 12.2 Å². The van der Waals surface area contributed by atoms with Gasteiger partial charge < -0.3 is 5.11 Å². The molecule has 0 aromatic carbocycles. The summed E-state index contributed by atoms with van der Waals surface area (Å²) in [5.74, 6) is 1.30. The highest BCUT2D eigenvalue weighted by Gasteiger charge is 2.29. The van der Waals surface area contributed by atoms with Gasteiger partial charge in [0.2, 0.25) is 0 Å². The van der Waals surface area contributed by atoms with E-state index in [1.54, 1.807) is 4.68 Å². The molecule has 2 unspecified atom stereocenters. The van der Waals surface area contributed by atoms with E-state index in [2.05, 4.69) is 10.1 Å². The van der Waals surface area contributed by atoms with Crippen LogP contribution in [0.25, 0.3) is 0 Å². The van der Waals surface area contributed by atoms with Crippen molar-refractivity contribution in [2.45, 2.75) is 45.3 Å². The van der Waals surface area contributed by atoms with Crippen LogP contribution in [0.1, 0.15) is 38.6 Å². The molecule has 1 aliphatic rings. The Kier molecular flexibility index (Phi) is 4.25. The predicted molar refractivity (Wildman–Crippen MR) is 71.5 cm³/mol. The molecule has 2 atom stereocenters. The van der Waals surface area contributed by atoms with E-state index in [-0.39, 0.29) is 23.5 Å². The first-order valence-corrected chi connectivity index (χ1v) is 8.46. The van der Waals surface area contributed by atoms with E-state index in [0.29, 0.717) is 19.3 Å². The summed E-state index contributed by atoms with van der Waals surface area (Å²) >= 11 is 0. The van der Waals surface area contributed by atoms with E-state index in [1.165, 1.54) is 6.33 Å². The van der Waals surface area contributed by atoms with Crippen LogP contribution in [0.3, 0.4) is 0 Å². The van der Waals surface area contributed by atoms with Gasteiger partial charge in [-0.1, -0.05) is 0 Å². The van der Waals surface area contributed by atoms with Crippen LogP contribution in [-0.2, 0) is 16.3 Å². The fraction of sp³-hybridized carbons (Fsp3) is 0.833. The maximum atomic E-state index is 11.4. The first-order valence-electron chi connectivity index (χ1n) is 6.64. The summed E-state index contributed by atoms with van der Waals surface area (Å²) in [5, 5.41) is 14.2. The van der Waals surface area contributed by atoms with Crippen molar-refractivity contribution in [1.29, 1.82) is 0 Å². The minimum Gasteiger partial charge on any atom is -0.393 e. The average Bonchev–Trinajstić information content (AvgIpc) is 2.85. The lowest BCUT2D eigenvalue weighted by Crippen LogP contribution is -2.20. The normalized spacial score (nSPS) is 23.9. The molecule has 108 valence electrons. The largest absolute Gasteiger partial charge is 0.393 e. The second-order valence-electron chi connectivity index (χ2n) is 5.58. The van der Waals surface area contributed by atoms with E-state index < -0.39 is 15.9 Å². The number of rotatable bonds is 5. The van der Waals surface area contributed by atoms with Crippen molar-refractivity contribution in [3.8, 4) is 0 Å². The Bertz CT molecular complexity index is 524. The number of sulfone groups is 1. The topological polar surface area (TPSA) is 85.1 Å². The third kappa shape index (κ3) is 3.76. The first kappa shape index (κ1) is 14.5. The monoisotopic (exact) mass is 287 g/mol. The Hall–Kier alpha value is -0.950. The highest BCUT2D eigenvalue weighted by atomic mass is 32.2. The van der Waals surface area contributed by atoms with Crippen molar-refractivity contribution in [2.24, 2.45) is 5.92 Å². The molecule has 7 heteroatoms. The number of hydrogen-bond donors (Lipinski definition) is 1. The van der Waals surface area contributed by atoms with Crippen LogP contribution in [-0.4, -0.2) is 45.9 Å². The molecule has 19 heavy (non-hydrogen) atoms. The molecule has 1 fully saturated rings. The van der Waals surface area contributed by atoms with Crippen molar-refractivity contribution >= 4 is 9.84 Å². The van der Waals surface area contributed by atoms with Crippen LogP contribution in [0.2, 0.25) is 0 Å². The van der Waals surface area contributed by atoms with Gasteiger partial charge in [-0.2, -0.15) is 5.10 Å². The summed E-state index contributed by atoms with van der Waals surface area (Å²) in [6, 6.07) is 0.205. The van der Waals surface area contributed by atoms with Crippen LogP contribution in [0.4, 0.5) is 0 Å². The second kappa shape index (κ2) is 5.58. The van der Waals surface area contributed by atoms with Crippen LogP contribution < -0.4 is 0 Å². The number of aliphatic hydroxyl groups excluding tert-OH is 1. The van der Waals surface area contributed by atoms with Crippen LogP contribution >= 0.6 is 0 Å². The first-order chi connectivity index (χ1) is 8.87. The van der Waals surface area contributed by atoms with Crippen LogP contribution in [0.5, 0.6) is 0 Å². The van der Waals surface area contributed by atoms with E-state index in [4.69, 9.17) is 0 Å². The summed E-state index contributed by atoms with van der Waals surface area (Å²) in [6.45, 7) is 4.02. The standard InChI is InChI=1S/C12H21N3O3S/c1-9(2)15-12(13-8-14-15)6-11(16)5-10-3-4-19(17,18)7-10/h8-11,16H,3-7H2,1-2H3. The minimum atomic E-state index is -2.87. The Morgan fingerprint density at radius 2 is 2.26 bits per heavy atom. The lowest BCUT2D eigenvalue weighted by molar-refractivity contribution is 0.142. The third-order valence-electron chi connectivity index (χ3n) is 3.49. The lowest BCUT2D eigenvalue weighted by atomic mass is 9.99. The van der Waals surface area contributed by atoms with Crippen molar-refractivity contribution in [3.63, 3.8) is 0 Å². The molecule has 1 aromatic heterocycles. The Balaban J connectivity index is 1.91. The number of aliphatic hydroxyl groups is 1. The molecule has 2 rings (SSSR count). The molecule has 1 N–H and O–H groups in total. The van der Waals surface area contributed by atoms with Crippen molar-refractivity contribution < 1.29 is 13.5 Å². The summed E-state index contributed by atoms with van der Waals surface area (Å²) in [6.07, 6.45) is 2.54. The van der Waals surface area contributed by atoms with Crippen molar-refractivity contribution in [1.82, 2.24) is 14.8 Å². The highest BCUT2D eigenvalue weighted by molar-refractivity contribution is 7.91. The zero-order valence-electron chi connectivity index (χ0n) is 11.4. The van der Waals surface area contributed by atoms with E-state index >= 15 is 0 Å². The molecular weight excluding hydrogens is 266 g/mol. The average molecular weight is 287 g/mol. The molecule has 0 bridgehead atoms. The summed E-state index contributed by atoms with van der Waals surface area (Å²) in [5.41, 5.74) is 0. The Labute approximate surface area is 113 Å². The molecule has 1 aliphatic heterocycles. The van der Waals surface area contributed by atoms with Gasteiger partial charge in [0.1, 0.15) is 12.2 Å². The number of nitrogens with zero attached hydrogens (tertiary/aromatic N) is 3. The van der Waals surface area contributed by atoms with Gasteiger partial charge in [0.15, 0.2) is 9.84 Å². The molecule has 2 heterocycles. The molecule has 0 radical (unpaired) electrons. The summed E-state index contributed by atoms with van der Waals surface area (Å²) in [4.78, 5) is 4.15. The zero-order chi connectivity index (χ0) is 14.0. The van der Waals surface area contributed by atoms with Crippen LogP contribution in [0.15, 0.2) is 6.33 Å². The smallest absolute Gasteiger partial charge is 0.150 e. The molecule has 0 amide bonds. The highest BCUT2D eigenvalue weighted by Crippen LogP contribution is 2.24. The predicted octanol–water partition coefficient (Wildman–Crippen LogP) is 0.587. The van der Waals surface area contributed by atoms with Crippen LogP contribution in [0, 0.1) is 5.92 Å². The van der Waals surface area contributed by atoms with Gasteiger partial charge in [0, 0.05) is 12.5 Å². The van der Waals surface area contributed by atoms with Gasteiger partial charge in [-0.15, -0.1) is 0 Å². The molecule has 0 saturated carbocycles. The summed E-state index contributed by atoms with van der Waals surface area (Å²) in [7, 11) is -2.87. The lowest BCUT2D eigenvalue weighted by Gasteiger charge is -2.15.